The molecule has 2 heterocycles. The van der Waals surface area contributed by atoms with E-state index in [9.17, 15) is 9.59 Å². The second-order valence-electron chi connectivity index (χ2n) is 6.78. The fourth-order valence-corrected chi connectivity index (χ4v) is 3.30. The van der Waals surface area contributed by atoms with Crippen LogP contribution in [0.4, 0.5) is 17.1 Å². The van der Waals surface area contributed by atoms with Crippen molar-refractivity contribution in [2.45, 2.75) is 25.4 Å². The molecule has 2 aliphatic heterocycles. The molecule has 2 aromatic carbocycles. The van der Waals surface area contributed by atoms with Gasteiger partial charge in [-0.25, -0.2) is 0 Å². The number of nitrogens with zero attached hydrogens (tertiary/aromatic N) is 1. The average Bonchev–Trinajstić information content (AvgIpc) is 3.18. The molecule has 26 heavy (non-hydrogen) atoms. The van der Waals surface area contributed by atoms with Gasteiger partial charge in [0.05, 0.1) is 5.69 Å². The van der Waals surface area contributed by atoms with E-state index in [1.54, 1.807) is 24.3 Å². The lowest BCUT2D eigenvalue weighted by Gasteiger charge is -2.33. The Labute approximate surface area is 152 Å². The van der Waals surface area contributed by atoms with Crippen molar-refractivity contribution in [2.75, 3.05) is 28.6 Å². The number of anilines is 3. The van der Waals surface area contributed by atoms with E-state index in [-0.39, 0.29) is 0 Å². The van der Waals surface area contributed by atoms with Crippen molar-refractivity contribution in [3.63, 3.8) is 0 Å². The Morgan fingerprint density at radius 1 is 1.12 bits per heavy atom. The van der Waals surface area contributed by atoms with Gasteiger partial charge in [0, 0.05) is 24.5 Å². The molecular weight excluding hydrogens is 330 g/mol. The molecule has 6 nitrogen and oxygen atoms in total. The van der Waals surface area contributed by atoms with E-state index >= 15 is 0 Å². The molecule has 1 fully saturated rings. The monoisotopic (exact) mass is 351 g/mol. The van der Waals surface area contributed by atoms with Gasteiger partial charge in [0.2, 0.25) is 0 Å². The summed E-state index contributed by atoms with van der Waals surface area (Å²) >= 11 is 0. The highest BCUT2D eigenvalue weighted by Crippen LogP contribution is 2.34. The fraction of sp³-hybridized carbons (Fsp3) is 0.300. The van der Waals surface area contributed by atoms with Crippen molar-refractivity contribution in [3.8, 4) is 5.75 Å². The Hall–Kier alpha value is -3.02. The van der Waals surface area contributed by atoms with Crippen LogP contribution in [0.3, 0.4) is 0 Å². The first-order chi connectivity index (χ1) is 12.6. The Kier molecular flexibility index (Phi) is 4.03. The molecule has 0 spiro atoms. The SMILES string of the molecule is CC1(C(=O)Nc2ccc(N3CCCC3)cc2)Oc2ccccc2NC1=O. The number of benzene rings is 2. The molecule has 0 aromatic heterocycles. The third kappa shape index (κ3) is 2.87. The number of fused-ring (bicyclic) bond motifs is 1. The fourth-order valence-electron chi connectivity index (χ4n) is 3.30. The molecule has 134 valence electrons. The van der Waals surface area contributed by atoms with Crippen LogP contribution < -0.4 is 20.3 Å². The highest BCUT2D eigenvalue weighted by molar-refractivity contribution is 6.19. The summed E-state index contributed by atoms with van der Waals surface area (Å²) in [7, 11) is 0. The number of carbonyl (C=O) groups excluding carboxylic acids is 2. The van der Waals surface area contributed by atoms with Crippen molar-refractivity contribution in [2.24, 2.45) is 0 Å². The number of rotatable bonds is 3. The van der Waals surface area contributed by atoms with E-state index in [4.69, 9.17) is 4.74 Å². The molecule has 0 aliphatic carbocycles. The first-order valence-corrected chi connectivity index (χ1v) is 8.82. The maximum atomic E-state index is 12.7. The number of amides is 2. The van der Waals surface area contributed by atoms with Crippen molar-refractivity contribution >= 4 is 28.9 Å². The average molecular weight is 351 g/mol. The van der Waals surface area contributed by atoms with Gasteiger partial charge in [-0.2, -0.15) is 0 Å². The van der Waals surface area contributed by atoms with E-state index in [1.807, 2.05) is 24.3 Å². The summed E-state index contributed by atoms with van der Waals surface area (Å²) in [6, 6.07) is 14.7. The summed E-state index contributed by atoms with van der Waals surface area (Å²) in [6.07, 6.45) is 2.43. The van der Waals surface area contributed by atoms with Gasteiger partial charge >= 0.3 is 0 Å². The standard InChI is InChI=1S/C20H21N3O3/c1-20(19(25)22-16-6-2-3-7-17(16)26-20)18(24)21-14-8-10-15(11-9-14)23-12-4-5-13-23/h2-3,6-11H,4-5,12-13H2,1H3,(H,21,24)(H,22,25). The molecule has 2 aliphatic rings. The van der Waals surface area contributed by atoms with Crippen LogP contribution in [0.2, 0.25) is 0 Å². The molecule has 1 saturated heterocycles. The zero-order chi connectivity index (χ0) is 18.1. The number of ether oxygens (including phenoxy) is 1. The Bertz CT molecular complexity index is 844. The van der Waals surface area contributed by atoms with Crippen LogP contribution in [0.5, 0.6) is 5.75 Å². The van der Waals surface area contributed by atoms with Gasteiger partial charge in [-0.15, -0.1) is 0 Å². The number of hydrogen-bond donors (Lipinski definition) is 2. The van der Waals surface area contributed by atoms with Gasteiger partial charge in [0.25, 0.3) is 17.4 Å². The van der Waals surface area contributed by atoms with Crippen LogP contribution in [0.1, 0.15) is 19.8 Å². The molecule has 1 unspecified atom stereocenters. The minimum absolute atomic E-state index is 0.481. The Balaban J connectivity index is 1.49. The second kappa shape index (κ2) is 6.37. The Morgan fingerprint density at radius 3 is 2.54 bits per heavy atom. The summed E-state index contributed by atoms with van der Waals surface area (Å²) in [5.41, 5.74) is 0.724. The molecule has 0 bridgehead atoms. The third-order valence-corrected chi connectivity index (χ3v) is 4.91. The maximum Gasteiger partial charge on any atom is 0.278 e. The Morgan fingerprint density at radius 2 is 1.81 bits per heavy atom. The van der Waals surface area contributed by atoms with Gasteiger partial charge in [-0.1, -0.05) is 12.1 Å². The van der Waals surface area contributed by atoms with Gasteiger partial charge in [-0.05, 0) is 56.2 Å². The van der Waals surface area contributed by atoms with Crippen molar-refractivity contribution in [1.82, 2.24) is 0 Å². The summed E-state index contributed by atoms with van der Waals surface area (Å²) in [5, 5.41) is 5.52. The zero-order valence-corrected chi connectivity index (χ0v) is 14.6. The molecule has 0 saturated carbocycles. The van der Waals surface area contributed by atoms with Gasteiger partial charge in [0.1, 0.15) is 5.75 Å². The van der Waals surface area contributed by atoms with E-state index in [0.717, 1.165) is 18.8 Å². The number of para-hydroxylation sites is 2. The van der Waals surface area contributed by atoms with E-state index in [1.165, 1.54) is 19.8 Å². The van der Waals surface area contributed by atoms with E-state index in [2.05, 4.69) is 15.5 Å². The maximum absolute atomic E-state index is 12.7. The van der Waals surface area contributed by atoms with Gasteiger partial charge in [0.15, 0.2) is 0 Å². The molecule has 4 rings (SSSR count). The predicted molar refractivity (Wildman–Crippen MR) is 101 cm³/mol. The summed E-state index contributed by atoms with van der Waals surface area (Å²) in [6.45, 7) is 3.61. The topological polar surface area (TPSA) is 70.7 Å². The van der Waals surface area contributed by atoms with Crippen LogP contribution in [-0.4, -0.2) is 30.5 Å². The van der Waals surface area contributed by atoms with Gasteiger partial charge < -0.3 is 20.3 Å². The van der Waals surface area contributed by atoms with E-state index < -0.39 is 17.4 Å². The largest absolute Gasteiger partial charge is 0.466 e. The molecular formula is C20H21N3O3. The molecule has 2 amide bonds. The van der Waals surface area contributed by atoms with Crippen molar-refractivity contribution in [3.05, 3.63) is 48.5 Å². The number of hydrogen-bond acceptors (Lipinski definition) is 4. The molecule has 2 N–H and O–H groups in total. The van der Waals surface area contributed by atoms with Crippen LogP contribution in [-0.2, 0) is 9.59 Å². The summed E-state index contributed by atoms with van der Waals surface area (Å²) in [4.78, 5) is 27.5. The molecule has 1 atom stereocenters. The minimum atomic E-state index is -1.62. The highest BCUT2D eigenvalue weighted by atomic mass is 16.5. The summed E-state index contributed by atoms with van der Waals surface area (Å²) < 4.78 is 5.74. The van der Waals surface area contributed by atoms with Crippen LogP contribution in [0, 0.1) is 0 Å². The minimum Gasteiger partial charge on any atom is -0.466 e. The zero-order valence-electron chi connectivity index (χ0n) is 14.6. The quantitative estimate of drug-likeness (QED) is 0.834. The first kappa shape index (κ1) is 16.4. The molecule has 6 heteroatoms. The highest BCUT2D eigenvalue weighted by Gasteiger charge is 2.47. The third-order valence-electron chi connectivity index (χ3n) is 4.91. The van der Waals surface area contributed by atoms with E-state index in [0.29, 0.717) is 17.1 Å². The smallest absolute Gasteiger partial charge is 0.278 e. The first-order valence-electron chi connectivity index (χ1n) is 8.82. The lowest BCUT2D eigenvalue weighted by molar-refractivity contribution is -0.143. The second-order valence-corrected chi connectivity index (χ2v) is 6.78. The summed E-state index contributed by atoms with van der Waals surface area (Å²) in [5.74, 6) is -0.505. The normalized spacial score (nSPS) is 21.6. The van der Waals surface area contributed by atoms with Crippen LogP contribution in [0.15, 0.2) is 48.5 Å². The lowest BCUT2D eigenvalue weighted by atomic mass is 10.0. The van der Waals surface area contributed by atoms with Crippen LogP contribution >= 0.6 is 0 Å². The van der Waals surface area contributed by atoms with Gasteiger partial charge in [-0.3, -0.25) is 9.59 Å². The van der Waals surface area contributed by atoms with Crippen molar-refractivity contribution in [1.29, 1.82) is 0 Å². The van der Waals surface area contributed by atoms with Crippen LogP contribution in [0.25, 0.3) is 0 Å². The number of nitrogens with one attached hydrogen (secondary N) is 2. The molecule has 2 aromatic rings. The lowest BCUT2D eigenvalue weighted by Crippen LogP contribution is -2.56. The number of carbonyl (C=O) groups is 2. The predicted octanol–water partition coefficient (Wildman–Crippen LogP) is 3.02. The molecule has 0 radical (unpaired) electrons. The van der Waals surface area contributed by atoms with Crippen molar-refractivity contribution < 1.29 is 14.3 Å².